The van der Waals surface area contributed by atoms with Gasteiger partial charge < -0.3 is 10.6 Å². The highest BCUT2D eigenvalue weighted by atomic mass is 16.1. The van der Waals surface area contributed by atoms with Crippen molar-refractivity contribution in [3.8, 4) is 0 Å². The monoisotopic (exact) mass is 341 g/mol. The van der Waals surface area contributed by atoms with Crippen LogP contribution in [0.1, 0.15) is 50.5 Å². The van der Waals surface area contributed by atoms with E-state index >= 15 is 0 Å². The third kappa shape index (κ3) is 4.62. The Hall–Kier alpha value is -1.39. The minimum Gasteiger partial charge on any atom is -0.353 e. The lowest BCUT2D eigenvalue weighted by Gasteiger charge is -2.33. The lowest BCUT2D eigenvalue weighted by atomic mass is 9.89. The second-order valence-electron chi connectivity index (χ2n) is 8.28. The van der Waals surface area contributed by atoms with Crippen LogP contribution in [0.15, 0.2) is 30.3 Å². The molecule has 3 saturated heterocycles. The van der Waals surface area contributed by atoms with Gasteiger partial charge in [-0.05, 0) is 50.0 Å². The maximum Gasteiger partial charge on any atom is 0.220 e. The van der Waals surface area contributed by atoms with E-state index in [9.17, 15) is 4.79 Å². The molecule has 3 fully saturated rings. The molecule has 1 aromatic carbocycles. The Morgan fingerprint density at radius 3 is 2.40 bits per heavy atom. The van der Waals surface area contributed by atoms with Crippen molar-refractivity contribution in [2.24, 2.45) is 5.92 Å². The predicted octanol–water partition coefficient (Wildman–Crippen LogP) is 2.69. The predicted molar refractivity (Wildman–Crippen MR) is 100 cm³/mol. The summed E-state index contributed by atoms with van der Waals surface area (Å²) >= 11 is 0. The Morgan fingerprint density at radius 2 is 1.72 bits per heavy atom. The van der Waals surface area contributed by atoms with Crippen LogP contribution in [0.25, 0.3) is 0 Å². The zero-order valence-corrected chi connectivity index (χ0v) is 15.1. The summed E-state index contributed by atoms with van der Waals surface area (Å²) < 4.78 is 0. The first-order valence-electron chi connectivity index (χ1n) is 10.1. The molecule has 3 heterocycles. The van der Waals surface area contributed by atoms with Gasteiger partial charge in [-0.3, -0.25) is 9.69 Å². The number of nitrogens with one attached hydrogen (secondary N) is 2. The van der Waals surface area contributed by atoms with Crippen molar-refractivity contribution in [1.82, 2.24) is 15.5 Å². The molecule has 136 valence electrons. The van der Waals surface area contributed by atoms with Crippen LogP contribution in [-0.2, 0) is 11.3 Å². The van der Waals surface area contributed by atoms with E-state index in [1.54, 1.807) is 0 Å². The van der Waals surface area contributed by atoms with Crippen molar-refractivity contribution < 1.29 is 4.79 Å². The van der Waals surface area contributed by atoms with Gasteiger partial charge >= 0.3 is 0 Å². The number of amides is 1. The third-order valence-electron chi connectivity index (χ3n) is 6.25. The van der Waals surface area contributed by atoms with E-state index in [0.717, 1.165) is 38.9 Å². The zero-order chi connectivity index (χ0) is 17.1. The first-order chi connectivity index (χ1) is 12.2. The number of rotatable bonds is 5. The Balaban J connectivity index is 1.17. The molecule has 2 atom stereocenters. The van der Waals surface area contributed by atoms with Gasteiger partial charge in [0.1, 0.15) is 0 Å². The summed E-state index contributed by atoms with van der Waals surface area (Å²) in [7, 11) is 0. The van der Waals surface area contributed by atoms with Gasteiger partial charge in [0.2, 0.25) is 5.91 Å². The number of nitrogens with zero attached hydrogens (tertiary/aromatic N) is 1. The summed E-state index contributed by atoms with van der Waals surface area (Å²) in [6.45, 7) is 3.19. The maximum atomic E-state index is 12.4. The summed E-state index contributed by atoms with van der Waals surface area (Å²) in [4.78, 5) is 14.9. The smallest absolute Gasteiger partial charge is 0.220 e. The molecule has 0 saturated carbocycles. The highest BCUT2D eigenvalue weighted by Gasteiger charge is 2.34. The average molecular weight is 341 g/mol. The van der Waals surface area contributed by atoms with Crippen LogP contribution in [0.4, 0.5) is 0 Å². The number of piperidine rings is 2. The molecule has 1 amide bonds. The van der Waals surface area contributed by atoms with Gasteiger partial charge in [-0.2, -0.15) is 0 Å². The van der Waals surface area contributed by atoms with Crippen molar-refractivity contribution in [3.05, 3.63) is 35.9 Å². The highest BCUT2D eigenvalue weighted by molar-refractivity contribution is 5.76. The van der Waals surface area contributed by atoms with Gasteiger partial charge in [0, 0.05) is 44.2 Å². The molecular formula is C21H31N3O. The number of carbonyl (C=O) groups excluding carboxylic acids is 1. The van der Waals surface area contributed by atoms with E-state index in [1.165, 1.54) is 31.2 Å². The molecule has 1 aromatic rings. The second kappa shape index (κ2) is 7.88. The lowest BCUT2D eigenvalue weighted by Crippen LogP contribution is -2.45. The topological polar surface area (TPSA) is 44.4 Å². The third-order valence-corrected chi connectivity index (χ3v) is 6.25. The number of hydrogen-bond acceptors (Lipinski definition) is 3. The van der Waals surface area contributed by atoms with Gasteiger partial charge in [0.05, 0.1) is 0 Å². The van der Waals surface area contributed by atoms with Gasteiger partial charge in [-0.25, -0.2) is 0 Å². The molecule has 3 aliphatic rings. The number of carbonyl (C=O) groups is 1. The van der Waals surface area contributed by atoms with Crippen LogP contribution in [0.2, 0.25) is 0 Å². The first-order valence-corrected chi connectivity index (χ1v) is 10.1. The summed E-state index contributed by atoms with van der Waals surface area (Å²) in [5.74, 6) is 0.879. The van der Waals surface area contributed by atoms with E-state index in [4.69, 9.17) is 0 Å². The molecule has 4 rings (SSSR count). The fourth-order valence-corrected chi connectivity index (χ4v) is 4.97. The second-order valence-corrected chi connectivity index (χ2v) is 8.28. The summed E-state index contributed by atoms with van der Waals surface area (Å²) in [6, 6.07) is 12.4. The molecule has 4 nitrogen and oxygen atoms in total. The molecule has 4 heteroatoms. The van der Waals surface area contributed by atoms with E-state index in [2.05, 4.69) is 45.9 Å². The van der Waals surface area contributed by atoms with Gasteiger partial charge in [-0.15, -0.1) is 0 Å². The number of fused-ring (bicyclic) bond motifs is 2. The van der Waals surface area contributed by atoms with E-state index in [0.29, 0.717) is 24.0 Å². The van der Waals surface area contributed by atoms with E-state index < -0.39 is 0 Å². The molecule has 2 unspecified atom stereocenters. The van der Waals surface area contributed by atoms with Crippen molar-refractivity contribution in [2.45, 2.75) is 69.6 Å². The Morgan fingerprint density at radius 1 is 1.04 bits per heavy atom. The fourth-order valence-electron chi connectivity index (χ4n) is 4.97. The zero-order valence-electron chi connectivity index (χ0n) is 15.1. The largest absolute Gasteiger partial charge is 0.353 e. The number of likely N-dealkylation sites (tertiary alicyclic amines) is 1. The summed E-state index contributed by atoms with van der Waals surface area (Å²) in [5, 5.41) is 6.98. The molecule has 0 radical (unpaired) electrons. The van der Waals surface area contributed by atoms with Crippen molar-refractivity contribution >= 4 is 5.91 Å². The summed E-state index contributed by atoms with van der Waals surface area (Å²) in [6.07, 6.45) is 7.90. The van der Waals surface area contributed by atoms with Gasteiger partial charge in [0.25, 0.3) is 0 Å². The molecule has 2 N–H and O–H groups in total. The maximum absolute atomic E-state index is 12.4. The fraction of sp³-hybridized carbons (Fsp3) is 0.667. The van der Waals surface area contributed by atoms with Gasteiger partial charge in [-0.1, -0.05) is 30.3 Å². The lowest BCUT2D eigenvalue weighted by molar-refractivity contribution is -0.123. The van der Waals surface area contributed by atoms with E-state index in [-0.39, 0.29) is 5.91 Å². The Labute approximate surface area is 151 Å². The first kappa shape index (κ1) is 17.0. The average Bonchev–Trinajstić information content (AvgIpc) is 2.96. The highest BCUT2D eigenvalue weighted by Crippen LogP contribution is 2.32. The van der Waals surface area contributed by atoms with E-state index in [1.807, 2.05) is 0 Å². The standard InChI is InChI=1S/C21H31N3O/c25-21(14-17-12-19-6-7-20(13-17)22-19)23-18-8-10-24(11-9-18)15-16-4-2-1-3-5-16/h1-5,17-20,22H,6-15H2,(H,23,25). The van der Waals surface area contributed by atoms with Crippen LogP contribution in [0.3, 0.4) is 0 Å². The van der Waals surface area contributed by atoms with Crippen molar-refractivity contribution in [1.29, 1.82) is 0 Å². The normalized spacial score (nSPS) is 30.3. The molecule has 3 aliphatic heterocycles. The van der Waals surface area contributed by atoms with Crippen molar-refractivity contribution in [3.63, 3.8) is 0 Å². The van der Waals surface area contributed by atoms with Crippen LogP contribution in [-0.4, -0.2) is 42.0 Å². The minimum atomic E-state index is 0.285. The van der Waals surface area contributed by atoms with Crippen LogP contribution in [0.5, 0.6) is 0 Å². The minimum absolute atomic E-state index is 0.285. The van der Waals surface area contributed by atoms with Crippen molar-refractivity contribution in [2.75, 3.05) is 13.1 Å². The molecule has 25 heavy (non-hydrogen) atoms. The molecule has 0 aliphatic carbocycles. The van der Waals surface area contributed by atoms with Gasteiger partial charge in [0.15, 0.2) is 0 Å². The Kier molecular flexibility index (Phi) is 5.37. The summed E-state index contributed by atoms with van der Waals surface area (Å²) in [5.41, 5.74) is 1.38. The van der Waals surface area contributed by atoms with Crippen LogP contribution >= 0.6 is 0 Å². The molecule has 0 spiro atoms. The van der Waals surface area contributed by atoms with Crippen LogP contribution < -0.4 is 10.6 Å². The van der Waals surface area contributed by atoms with Crippen LogP contribution in [0, 0.1) is 5.92 Å². The molecule has 2 bridgehead atoms. The quantitative estimate of drug-likeness (QED) is 0.865. The molecule has 0 aromatic heterocycles. The number of hydrogen-bond donors (Lipinski definition) is 2. The molecular weight excluding hydrogens is 310 g/mol. The SMILES string of the molecule is O=C(CC1CC2CCC(C1)N2)NC1CCN(Cc2ccccc2)CC1. The Bertz CT molecular complexity index is 556. The number of benzene rings is 1.